The molecule has 21 heavy (non-hydrogen) atoms. The lowest BCUT2D eigenvalue weighted by Gasteiger charge is -2.16. The molecule has 4 nitrogen and oxygen atoms in total. The van der Waals surface area contributed by atoms with Gasteiger partial charge in [0.1, 0.15) is 17.5 Å². The van der Waals surface area contributed by atoms with Gasteiger partial charge in [-0.2, -0.15) is 0 Å². The molecule has 0 aliphatic heterocycles. The summed E-state index contributed by atoms with van der Waals surface area (Å²) in [7, 11) is 0. The van der Waals surface area contributed by atoms with Gasteiger partial charge in [-0.3, -0.25) is 0 Å². The fourth-order valence-electron chi connectivity index (χ4n) is 2.09. The van der Waals surface area contributed by atoms with Gasteiger partial charge in [-0.25, -0.2) is 9.97 Å². The first kappa shape index (κ1) is 15.3. The van der Waals surface area contributed by atoms with Crippen molar-refractivity contribution in [1.29, 1.82) is 0 Å². The molecule has 0 saturated carbocycles. The zero-order chi connectivity index (χ0) is 15.4. The van der Waals surface area contributed by atoms with E-state index >= 15 is 0 Å². The van der Waals surface area contributed by atoms with Gasteiger partial charge >= 0.3 is 0 Å². The van der Waals surface area contributed by atoms with Crippen LogP contribution in [-0.2, 0) is 0 Å². The summed E-state index contributed by atoms with van der Waals surface area (Å²) in [4.78, 5) is 9.31. The average Bonchev–Trinajstić information content (AvgIpc) is 2.45. The zero-order valence-corrected chi connectivity index (χ0v) is 13.5. The van der Waals surface area contributed by atoms with Crippen molar-refractivity contribution in [1.82, 2.24) is 9.97 Å². The minimum atomic E-state index is 0.292. The Morgan fingerprint density at radius 1 is 1.05 bits per heavy atom. The second-order valence-corrected chi connectivity index (χ2v) is 5.53. The Labute approximate surface area is 127 Å². The van der Waals surface area contributed by atoms with Crippen LogP contribution in [0.4, 0.5) is 17.3 Å². The lowest BCUT2D eigenvalue weighted by molar-refractivity contribution is 0.774. The Hall–Kier alpha value is -2.10. The van der Waals surface area contributed by atoms with Gasteiger partial charge in [0.15, 0.2) is 0 Å². The molecule has 0 bridgehead atoms. The van der Waals surface area contributed by atoms with Crippen molar-refractivity contribution >= 4 is 17.3 Å². The normalized spacial score (nSPS) is 10.8. The van der Waals surface area contributed by atoms with E-state index in [2.05, 4.69) is 60.4 Å². The molecule has 1 heterocycles. The number of aryl methyl sites for hydroxylation is 1. The van der Waals surface area contributed by atoms with E-state index in [1.54, 1.807) is 0 Å². The molecule has 4 heteroatoms. The summed E-state index contributed by atoms with van der Waals surface area (Å²) in [6.45, 7) is 11.3. The third-order valence-corrected chi connectivity index (χ3v) is 3.42. The van der Waals surface area contributed by atoms with E-state index in [-0.39, 0.29) is 0 Å². The highest BCUT2D eigenvalue weighted by Crippen LogP contribution is 2.27. The van der Waals surface area contributed by atoms with Crippen LogP contribution in [0.25, 0.3) is 0 Å². The van der Waals surface area contributed by atoms with Gasteiger partial charge in [0.25, 0.3) is 0 Å². The highest BCUT2D eigenvalue weighted by molar-refractivity contribution is 5.66. The summed E-state index contributed by atoms with van der Waals surface area (Å²) in [5.74, 6) is 2.93. The smallest absolute Gasteiger partial charge is 0.139 e. The van der Waals surface area contributed by atoms with Crippen LogP contribution in [0.1, 0.15) is 43.6 Å². The second kappa shape index (κ2) is 6.57. The maximum absolute atomic E-state index is 4.69. The van der Waals surface area contributed by atoms with Crippen LogP contribution < -0.4 is 10.6 Å². The summed E-state index contributed by atoms with van der Waals surface area (Å²) in [5, 5.41) is 6.76. The van der Waals surface area contributed by atoms with E-state index in [1.807, 2.05) is 19.1 Å². The topological polar surface area (TPSA) is 49.8 Å². The SMILES string of the molecule is CCNc1nc(C(C)C)nc(Nc2ccccc2C)c1C. The largest absolute Gasteiger partial charge is 0.370 e. The second-order valence-electron chi connectivity index (χ2n) is 5.53. The fraction of sp³-hybridized carbons (Fsp3) is 0.412. The van der Waals surface area contributed by atoms with Crippen molar-refractivity contribution in [2.24, 2.45) is 0 Å². The summed E-state index contributed by atoms with van der Waals surface area (Å²) in [6, 6.07) is 8.23. The third kappa shape index (κ3) is 3.51. The quantitative estimate of drug-likeness (QED) is 0.854. The van der Waals surface area contributed by atoms with Crippen LogP contribution in [0.3, 0.4) is 0 Å². The minimum Gasteiger partial charge on any atom is -0.370 e. The average molecular weight is 284 g/mol. The highest BCUT2D eigenvalue weighted by atomic mass is 15.1. The predicted molar refractivity (Wildman–Crippen MR) is 89.5 cm³/mol. The number of aromatic nitrogens is 2. The number of hydrogen-bond acceptors (Lipinski definition) is 4. The fourth-order valence-corrected chi connectivity index (χ4v) is 2.09. The molecule has 0 atom stereocenters. The van der Waals surface area contributed by atoms with Crippen LogP contribution in [-0.4, -0.2) is 16.5 Å². The van der Waals surface area contributed by atoms with Gasteiger partial charge in [-0.15, -0.1) is 0 Å². The van der Waals surface area contributed by atoms with Gasteiger partial charge in [-0.1, -0.05) is 32.0 Å². The standard InChI is InChI=1S/C17H24N4/c1-6-18-16-13(5)17(21-15(20-16)11(2)3)19-14-10-8-7-9-12(14)4/h7-11H,6H2,1-5H3,(H2,18,19,20,21). The van der Waals surface area contributed by atoms with E-state index in [4.69, 9.17) is 0 Å². The number of nitrogens with zero attached hydrogens (tertiary/aromatic N) is 2. The van der Waals surface area contributed by atoms with E-state index in [1.165, 1.54) is 5.56 Å². The molecule has 2 N–H and O–H groups in total. The Kier molecular flexibility index (Phi) is 4.78. The molecule has 1 aromatic carbocycles. The van der Waals surface area contributed by atoms with Crippen LogP contribution in [0.2, 0.25) is 0 Å². The van der Waals surface area contributed by atoms with Crippen molar-refractivity contribution in [2.75, 3.05) is 17.2 Å². The number of rotatable bonds is 5. The number of anilines is 3. The molecule has 2 aromatic rings. The van der Waals surface area contributed by atoms with Crippen LogP contribution in [0.5, 0.6) is 0 Å². The minimum absolute atomic E-state index is 0.292. The molecule has 0 spiro atoms. The lowest BCUT2D eigenvalue weighted by atomic mass is 10.1. The third-order valence-electron chi connectivity index (χ3n) is 3.42. The number of benzene rings is 1. The maximum atomic E-state index is 4.69. The molecule has 0 radical (unpaired) electrons. The van der Waals surface area contributed by atoms with Crippen molar-refractivity contribution in [3.05, 3.63) is 41.2 Å². The van der Waals surface area contributed by atoms with Crippen LogP contribution in [0, 0.1) is 13.8 Å². The molecule has 0 saturated heterocycles. The first-order valence-corrected chi connectivity index (χ1v) is 7.48. The summed E-state index contributed by atoms with van der Waals surface area (Å²) in [5.41, 5.74) is 3.33. The molecule has 112 valence electrons. The van der Waals surface area contributed by atoms with Gasteiger partial charge in [-0.05, 0) is 32.4 Å². The molecule has 0 unspecified atom stereocenters. The molecule has 0 aliphatic rings. The molecular weight excluding hydrogens is 260 g/mol. The summed E-state index contributed by atoms with van der Waals surface area (Å²) >= 11 is 0. The van der Waals surface area contributed by atoms with E-state index in [9.17, 15) is 0 Å². The van der Waals surface area contributed by atoms with Gasteiger partial charge < -0.3 is 10.6 Å². The predicted octanol–water partition coefficient (Wildman–Crippen LogP) is 4.39. The monoisotopic (exact) mass is 284 g/mol. The van der Waals surface area contributed by atoms with Crippen molar-refractivity contribution < 1.29 is 0 Å². The van der Waals surface area contributed by atoms with E-state index in [0.29, 0.717) is 5.92 Å². The van der Waals surface area contributed by atoms with E-state index < -0.39 is 0 Å². The van der Waals surface area contributed by atoms with E-state index in [0.717, 1.165) is 35.3 Å². The Morgan fingerprint density at radius 3 is 2.33 bits per heavy atom. The van der Waals surface area contributed by atoms with Crippen molar-refractivity contribution in [3.8, 4) is 0 Å². The molecule has 2 rings (SSSR count). The van der Waals surface area contributed by atoms with Gasteiger partial charge in [0.05, 0.1) is 0 Å². The molecule has 0 aliphatic carbocycles. The number of para-hydroxylation sites is 1. The number of nitrogens with one attached hydrogen (secondary N) is 2. The van der Waals surface area contributed by atoms with Crippen molar-refractivity contribution in [3.63, 3.8) is 0 Å². The lowest BCUT2D eigenvalue weighted by Crippen LogP contribution is -2.10. The first-order valence-electron chi connectivity index (χ1n) is 7.48. The zero-order valence-electron chi connectivity index (χ0n) is 13.5. The van der Waals surface area contributed by atoms with Gasteiger partial charge in [0.2, 0.25) is 0 Å². The first-order chi connectivity index (χ1) is 10.0. The Balaban J connectivity index is 2.44. The number of hydrogen-bond donors (Lipinski definition) is 2. The van der Waals surface area contributed by atoms with Crippen LogP contribution >= 0.6 is 0 Å². The van der Waals surface area contributed by atoms with Gasteiger partial charge in [0, 0.05) is 23.7 Å². The molecular formula is C17H24N4. The van der Waals surface area contributed by atoms with Crippen molar-refractivity contribution in [2.45, 2.75) is 40.5 Å². The maximum Gasteiger partial charge on any atom is 0.139 e. The highest BCUT2D eigenvalue weighted by Gasteiger charge is 2.13. The Bertz CT molecular complexity index is 620. The summed E-state index contributed by atoms with van der Waals surface area (Å²) < 4.78 is 0. The summed E-state index contributed by atoms with van der Waals surface area (Å²) in [6.07, 6.45) is 0. The van der Waals surface area contributed by atoms with Crippen LogP contribution in [0.15, 0.2) is 24.3 Å². The Morgan fingerprint density at radius 2 is 1.71 bits per heavy atom. The molecule has 0 fully saturated rings. The molecule has 0 amide bonds. The molecule has 1 aromatic heterocycles.